The molecule has 92 valence electrons. The van der Waals surface area contributed by atoms with Crippen molar-refractivity contribution in [3.05, 3.63) is 0 Å². The van der Waals surface area contributed by atoms with Crippen molar-refractivity contribution in [1.29, 1.82) is 0 Å². The molecular formula is C11H22N4O. The van der Waals surface area contributed by atoms with Crippen LogP contribution in [0, 0.1) is 5.92 Å². The Morgan fingerprint density at radius 1 is 1.31 bits per heavy atom. The summed E-state index contributed by atoms with van der Waals surface area (Å²) < 4.78 is 0. The second kappa shape index (κ2) is 5.50. The summed E-state index contributed by atoms with van der Waals surface area (Å²) in [5.74, 6) is 0.611. The minimum Gasteiger partial charge on any atom is -0.351 e. The predicted molar refractivity (Wildman–Crippen MR) is 63.2 cm³/mol. The number of rotatable bonds is 2. The highest BCUT2D eigenvalue weighted by molar-refractivity contribution is 5.72. The van der Waals surface area contributed by atoms with Crippen LogP contribution >= 0.6 is 0 Å². The number of carbonyl (C=O) groups is 1. The lowest BCUT2D eigenvalue weighted by molar-refractivity contribution is 0.137. The number of nitrogens with zero attached hydrogens (tertiary/aromatic N) is 2. The van der Waals surface area contributed by atoms with Gasteiger partial charge >= 0.3 is 6.03 Å². The fourth-order valence-corrected chi connectivity index (χ4v) is 2.67. The number of piperidine rings is 1. The Bertz CT molecular complexity index is 240. The van der Waals surface area contributed by atoms with Crippen LogP contribution in [0.1, 0.15) is 12.8 Å². The first kappa shape index (κ1) is 11.7. The zero-order valence-corrected chi connectivity index (χ0v) is 9.82. The molecule has 1 atom stereocenters. The Morgan fingerprint density at radius 2 is 2.06 bits per heavy atom. The fraction of sp³-hybridized carbons (Fsp3) is 0.909. The molecule has 0 bridgehead atoms. The third kappa shape index (κ3) is 3.09. The van der Waals surface area contributed by atoms with Gasteiger partial charge in [0.15, 0.2) is 0 Å². The molecule has 2 aliphatic heterocycles. The first-order valence-corrected chi connectivity index (χ1v) is 6.23. The van der Waals surface area contributed by atoms with Crippen molar-refractivity contribution in [3.8, 4) is 0 Å². The molecule has 2 aliphatic rings. The molecule has 1 unspecified atom stereocenters. The van der Waals surface area contributed by atoms with E-state index in [-0.39, 0.29) is 6.03 Å². The van der Waals surface area contributed by atoms with Crippen molar-refractivity contribution in [2.45, 2.75) is 12.8 Å². The summed E-state index contributed by atoms with van der Waals surface area (Å²) in [6, 6.07) is -0.259. The van der Waals surface area contributed by atoms with Crippen LogP contribution < -0.4 is 11.1 Å². The molecule has 2 fully saturated rings. The van der Waals surface area contributed by atoms with Crippen LogP contribution in [-0.2, 0) is 0 Å². The molecule has 2 heterocycles. The number of hydrogen-bond acceptors (Lipinski definition) is 3. The van der Waals surface area contributed by atoms with Crippen molar-refractivity contribution in [1.82, 2.24) is 15.1 Å². The molecule has 2 amide bonds. The Morgan fingerprint density at radius 3 is 2.75 bits per heavy atom. The molecule has 3 N–H and O–H groups in total. The molecule has 5 heteroatoms. The second-order valence-corrected chi connectivity index (χ2v) is 4.84. The zero-order valence-electron chi connectivity index (χ0n) is 9.82. The van der Waals surface area contributed by atoms with Crippen molar-refractivity contribution < 1.29 is 4.79 Å². The van der Waals surface area contributed by atoms with Gasteiger partial charge in [-0.3, -0.25) is 0 Å². The number of nitrogens with two attached hydrogens (primary N) is 1. The first-order chi connectivity index (χ1) is 7.75. The quantitative estimate of drug-likeness (QED) is 0.678. The Kier molecular flexibility index (Phi) is 4.01. The van der Waals surface area contributed by atoms with E-state index in [1.807, 2.05) is 0 Å². The number of primary amides is 1. The third-order valence-electron chi connectivity index (χ3n) is 3.56. The third-order valence-corrected chi connectivity index (χ3v) is 3.56. The summed E-state index contributed by atoms with van der Waals surface area (Å²) in [6.07, 6.45) is 2.33. The van der Waals surface area contributed by atoms with E-state index in [4.69, 9.17) is 5.73 Å². The highest BCUT2D eigenvalue weighted by Crippen LogP contribution is 2.17. The van der Waals surface area contributed by atoms with Gasteiger partial charge in [0.1, 0.15) is 0 Å². The van der Waals surface area contributed by atoms with Gasteiger partial charge in [0.25, 0.3) is 0 Å². The monoisotopic (exact) mass is 226 g/mol. The lowest BCUT2D eigenvalue weighted by Crippen LogP contribution is -2.49. The average Bonchev–Trinajstić information content (AvgIpc) is 2.30. The van der Waals surface area contributed by atoms with E-state index < -0.39 is 0 Å². The van der Waals surface area contributed by atoms with Gasteiger partial charge in [0.05, 0.1) is 0 Å². The van der Waals surface area contributed by atoms with E-state index >= 15 is 0 Å². The molecule has 0 radical (unpaired) electrons. The van der Waals surface area contributed by atoms with Gasteiger partial charge < -0.3 is 20.9 Å². The Labute approximate surface area is 96.9 Å². The molecule has 0 aromatic carbocycles. The van der Waals surface area contributed by atoms with E-state index in [0.717, 1.165) is 52.2 Å². The molecular weight excluding hydrogens is 204 g/mol. The van der Waals surface area contributed by atoms with E-state index in [1.165, 1.54) is 6.42 Å². The minimum atomic E-state index is -0.259. The number of carbonyl (C=O) groups excluding carboxylic acids is 1. The van der Waals surface area contributed by atoms with Crippen LogP contribution in [0.15, 0.2) is 0 Å². The van der Waals surface area contributed by atoms with Crippen LogP contribution in [0.2, 0.25) is 0 Å². The van der Waals surface area contributed by atoms with Crippen LogP contribution in [0.4, 0.5) is 4.79 Å². The largest absolute Gasteiger partial charge is 0.351 e. The van der Waals surface area contributed by atoms with E-state index in [9.17, 15) is 4.79 Å². The van der Waals surface area contributed by atoms with Gasteiger partial charge in [0.2, 0.25) is 0 Å². The molecule has 0 saturated carbocycles. The van der Waals surface area contributed by atoms with Gasteiger partial charge in [-0.2, -0.15) is 0 Å². The van der Waals surface area contributed by atoms with Crippen molar-refractivity contribution in [2.75, 3.05) is 45.8 Å². The highest BCUT2D eigenvalue weighted by atomic mass is 16.2. The molecule has 0 aliphatic carbocycles. The van der Waals surface area contributed by atoms with Crippen LogP contribution in [0.5, 0.6) is 0 Å². The zero-order chi connectivity index (χ0) is 11.4. The molecule has 2 rings (SSSR count). The minimum absolute atomic E-state index is 0.259. The molecule has 2 saturated heterocycles. The Balaban J connectivity index is 1.78. The van der Waals surface area contributed by atoms with E-state index in [0.29, 0.717) is 5.92 Å². The molecule has 0 aromatic heterocycles. The summed E-state index contributed by atoms with van der Waals surface area (Å²) in [7, 11) is 0. The van der Waals surface area contributed by atoms with Crippen LogP contribution in [0.3, 0.4) is 0 Å². The molecule has 5 nitrogen and oxygen atoms in total. The van der Waals surface area contributed by atoms with Crippen molar-refractivity contribution in [3.63, 3.8) is 0 Å². The summed E-state index contributed by atoms with van der Waals surface area (Å²) in [5.41, 5.74) is 5.33. The second-order valence-electron chi connectivity index (χ2n) is 4.84. The van der Waals surface area contributed by atoms with E-state index in [2.05, 4.69) is 10.2 Å². The molecule has 0 aromatic rings. The summed E-state index contributed by atoms with van der Waals surface area (Å²) >= 11 is 0. The fourth-order valence-electron chi connectivity index (χ4n) is 2.67. The summed E-state index contributed by atoms with van der Waals surface area (Å²) in [4.78, 5) is 15.4. The lowest BCUT2D eigenvalue weighted by Gasteiger charge is -2.36. The normalized spacial score (nSPS) is 28.0. The maximum Gasteiger partial charge on any atom is 0.314 e. The van der Waals surface area contributed by atoms with Gasteiger partial charge in [0, 0.05) is 45.8 Å². The van der Waals surface area contributed by atoms with Gasteiger partial charge in [-0.15, -0.1) is 0 Å². The maximum atomic E-state index is 11.1. The number of hydrogen-bond donors (Lipinski definition) is 2. The summed E-state index contributed by atoms with van der Waals surface area (Å²) in [5, 5.41) is 3.35. The number of nitrogens with one attached hydrogen (secondary N) is 1. The summed E-state index contributed by atoms with van der Waals surface area (Å²) in [6.45, 7) is 7.25. The van der Waals surface area contributed by atoms with Crippen LogP contribution in [-0.4, -0.2) is 61.6 Å². The molecule has 16 heavy (non-hydrogen) atoms. The standard InChI is InChI=1S/C11H22N4O/c12-11(16)15-5-1-2-10(9-15)8-14-6-3-13-4-7-14/h10,13H,1-9H2,(H2,12,16). The number of urea groups is 1. The highest BCUT2D eigenvalue weighted by Gasteiger charge is 2.24. The smallest absolute Gasteiger partial charge is 0.314 e. The average molecular weight is 226 g/mol. The predicted octanol–water partition coefficient (Wildman–Crippen LogP) is -0.318. The van der Waals surface area contributed by atoms with Crippen molar-refractivity contribution in [2.24, 2.45) is 11.7 Å². The van der Waals surface area contributed by atoms with Gasteiger partial charge in [-0.05, 0) is 18.8 Å². The Hall–Kier alpha value is -0.810. The van der Waals surface area contributed by atoms with Gasteiger partial charge in [-0.25, -0.2) is 4.79 Å². The number of amides is 2. The van der Waals surface area contributed by atoms with Crippen molar-refractivity contribution >= 4 is 6.03 Å². The number of likely N-dealkylation sites (tertiary alicyclic amines) is 1. The van der Waals surface area contributed by atoms with E-state index in [1.54, 1.807) is 4.90 Å². The SMILES string of the molecule is NC(=O)N1CCCC(CN2CCNCC2)C1. The first-order valence-electron chi connectivity index (χ1n) is 6.23. The molecule has 0 spiro atoms. The van der Waals surface area contributed by atoms with Crippen LogP contribution in [0.25, 0.3) is 0 Å². The number of piperazine rings is 1. The maximum absolute atomic E-state index is 11.1. The van der Waals surface area contributed by atoms with Gasteiger partial charge in [-0.1, -0.05) is 0 Å². The lowest BCUT2D eigenvalue weighted by atomic mass is 9.97. The topological polar surface area (TPSA) is 61.6 Å².